The second kappa shape index (κ2) is 4.30. The van der Waals surface area contributed by atoms with Gasteiger partial charge in [-0.25, -0.2) is 4.39 Å². The maximum Gasteiger partial charge on any atom is 0.170 e. The molecule has 0 N–H and O–H groups in total. The summed E-state index contributed by atoms with van der Waals surface area (Å²) in [5.41, 5.74) is 0.603. The Morgan fingerprint density at radius 2 is 2.25 bits per heavy atom. The molecule has 0 fully saturated rings. The van der Waals surface area contributed by atoms with E-state index < -0.39 is 0 Å². The van der Waals surface area contributed by atoms with Crippen LogP contribution in [0.15, 0.2) is 24.5 Å². The van der Waals surface area contributed by atoms with Crippen LogP contribution in [-0.2, 0) is 13.7 Å². The number of halogens is 1. The zero-order chi connectivity index (χ0) is 11.5. The molecule has 2 rings (SSSR count). The molecule has 1 heterocycles. The fraction of sp³-hybridized carbons (Fsp3) is 0.273. The number of aromatic nitrogens is 3. The summed E-state index contributed by atoms with van der Waals surface area (Å²) in [6.45, 7) is 1.99. The van der Waals surface area contributed by atoms with Gasteiger partial charge in [0.25, 0.3) is 0 Å². The molecule has 0 saturated carbocycles. The van der Waals surface area contributed by atoms with Gasteiger partial charge in [-0.05, 0) is 18.6 Å². The molecule has 1 aromatic carbocycles. The molecule has 0 saturated heterocycles. The lowest BCUT2D eigenvalue weighted by atomic mass is 10.2. The molecule has 2 aromatic rings. The molecular formula is C11H12FN3O. The Morgan fingerprint density at radius 3 is 2.88 bits per heavy atom. The van der Waals surface area contributed by atoms with Crippen molar-refractivity contribution < 1.29 is 9.13 Å². The first-order valence-corrected chi connectivity index (χ1v) is 4.88. The van der Waals surface area contributed by atoms with E-state index in [9.17, 15) is 4.39 Å². The summed E-state index contributed by atoms with van der Waals surface area (Å²) in [5, 5.41) is 7.59. The van der Waals surface area contributed by atoms with Gasteiger partial charge in [-0.1, -0.05) is 6.07 Å². The summed E-state index contributed by atoms with van der Waals surface area (Å²) in [5.74, 6) is 0.919. The van der Waals surface area contributed by atoms with Gasteiger partial charge in [0.15, 0.2) is 5.82 Å². The quantitative estimate of drug-likeness (QED) is 0.794. The number of aryl methyl sites for hydroxylation is 2. The van der Waals surface area contributed by atoms with E-state index in [1.54, 1.807) is 30.0 Å². The van der Waals surface area contributed by atoms with Crippen LogP contribution in [0, 0.1) is 12.7 Å². The van der Waals surface area contributed by atoms with E-state index in [0.29, 0.717) is 17.1 Å². The van der Waals surface area contributed by atoms with Crippen LogP contribution in [-0.4, -0.2) is 14.8 Å². The second-order valence-electron chi connectivity index (χ2n) is 3.56. The molecule has 0 spiro atoms. The molecule has 0 bridgehead atoms. The van der Waals surface area contributed by atoms with Gasteiger partial charge in [0, 0.05) is 13.1 Å². The molecule has 84 valence electrons. The maximum absolute atomic E-state index is 13.2. The zero-order valence-electron chi connectivity index (χ0n) is 9.14. The Kier molecular flexibility index (Phi) is 2.85. The van der Waals surface area contributed by atoms with E-state index in [4.69, 9.17) is 4.74 Å². The third kappa shape index (κ3) is 2.18. The first kappa shape index (κ1) is 10.6. The number of nitrogens with zero attached hydrogens (tertiary/aromatic N) is 3. The smallest absolute Gasteiger partial charge is 0.170 e. The molecule has 0 amide bonds. The summed E-state index contributed by atoms with van der Waals surface area (Å²) in [6.07, 6.45) is 1.59. The van der Waals surface area contributed by atoms with Crippen LogP contribution in [0.2, 0.25) is 0 Å². The molecule has 0 aliphatic rings. The van der Waals surface area contributed by atoms with Crippen molar-refractivity contribution in [3.05, 3.63) is 41.7 Å². The third-order valence-electron chi connectivity index (χ3n) is 2.32. The number of ether oxygens (including phenoxy) is 1. The van der Waals surface area contributed by atoms with Gasteiger partial charge >= 0.3 is 0 Å². The van der Waals surface area contributed by atoms with Crippen LogP contribution in [0.1, 0.15) is 11.4 Å². The van der Waals surface area contributed by atoms with Crippen molar-refractivity contribution >= 4 is 0 Å². The largest absolute Gasteiger partial charge is 0.486 e. The topological polar surface area (TPSA) is 39.9 Å². The molecule has 0 atom stereocenters. The van der Waals surface area contributed by atoms with E-state index in [-0.39, 0.29) is 12.4 Å². The van der Waals surface area contributed by atoms with Crippen molar-refractivity contribution in [2.45, 2.75) is 13.5 Å². The van der Waals surface area contributed by atoms with Gasteiger partial charge in [-0.3, -0.25) is 0 Å². The Bertz CT molecular complexity index is 496. The minimum Gasteiger partial charge on any atom is -0.486 e. The summed E-state index contributed by atoms with van der Waals surface area (Å²) < 4.78 is 20.4. The van der Waals surface area contributed by atoms with Crippen molar-refractivity contribution in [3.8, 4) is 5.75 Å². The summed E-state index contributed by atoms with van der Waals surface area (Å²) in [6, 6.07) is 4.78. The predicted molar refractivity (Wildman–Crippen MR) is 56.5 cm³/mol. The Morgan fingerprint density at radius 1 is 1.44 bits per heavy atom. The maximum atomic E-state index is 13.2. The van der Waals surface area contributed by atoms with Crippen LogP contribution in [0.4, 0.5) is 4.39 Å². The van der Waals surface area contributed by atoms with E-state index in [1.807, 2.05) is 7.05 Å². The van der Waals surface area contributed by atoms with Crippen molar-refractivity contribution in [1.29, 1.82) is 0 Å². The van der Waals surface area contributed by atoms with Crippen molar-refractivity contribution in [1.82, 2.24) is 14.8 Å². The lowest BCUT2D eigenvalue weighted by Gasteiger charge is -2.06. The Labute approximate surface area is 92.7 Å². The third-order valence-corrected chi connectivity index (χ3v) is 2.32. The molecule has 1 aromatic heterocycles. The van der Waals surface area contributed by atoms with Gasteiger partial charge in [0.2, 0.25) is 0 Å². The molecule has 0 radical (unpaired) electrons. The first-order valence-electron chi connectivity index (χ1n) is 4.88. The van der Waals surface area contributed by atoms with E-state index in [0.717, 1.165) is 0 Å². The molecular weight excluding hydrogens is 209 g/mol. The summed E-state index contributed by atoms with van der Waals surface area (Å²) >= 11 is 0. The predicted octanol–water partition coefficient (Wildman–Crippen LogP) is 1.84. The average Bonchev–Trinajstić information content (AvgIpc) is 2.66. The minimum absolute atomic E-state index is 0.268. The van der Waals surface area contributed by atoms with E-state index in [1.165, 1.54) is 6.07 Å². The molecule has 4 nitrogen and oxygen atoms in total. The molecule has 0 aliphatic carbocycles. The van der Waals surface area contributed by atoms with Crippen molar-refractivity contribution in [2.75, 3.05) is 0 Å². The van der Waals surface area contributed by atoms with Crippen LogP contribution in [0.25, 0.3) is 0 Å². The second-order valence-corrected chi connectivity index (χ2v) is 3.56. The van der Waals surface area contributed by atoms with Crippen LogP contribution in [0.5, 0.6) is 5.75 Å². The highest BCUT2D eigenvalue weighted by Gasteiger charge is 2.03. The highest BCUT2D eigenvalue weighted by atomic mass is 19.1. The number of rotatable bonds is 3. The molecule has 0 unspecified atom stereocenters. The zero-order valence-corrected chi connectivity index (χ0v) is 9.14. The van der Waals surface area contributed by atoms with Crippen molar-refractivity contribution in [2.24, 2.45) is 7.05 Å². The lowest BCUT2D eigenvalue weighted by Crippen LogP contribution is -2.03. The summed E-state index contributed by atoms with van der Waals surface area (Å²) in [4.78, 5) is 0. The van der Waals surface area contributed by atoms with Gasteiger partial charge in [0.1, 0.15) is 24.5 Å². The van der Waals surface area contributed by atoms with Gasteiger partial charge in [-0.15, -0.1) is 10.2 Å². The van der Waals surface area contributed by atoms with E-state index >= 15 is 0 Å². The van der Waals surface area contributed by atoms with E-state index in [2.05, 4.69) is 10.2 Å². The first-order chi connectivity index (χ1) is 7.66. The van der Waals surface area contributed by atoms with Gasteiger partial charge in [-0.2, -0.15) is 0 Å². The van der Waals surface area contributed by atoms with Crippen LogP contribution in [0.3, 0.4) is 0 Å². The minimum atomic E-state index is -0.268. The fourth-order valence-corrected chi connectivity index (χ4v) is 1.25. The normalized spacial score (nSPS) is 10.4. The van der Waals surface area contributed by atoms with Crippen molar-refractivity contribution in [3.63, 3.8) is 0 Å². The molecule has 16 heavy (non-hydrogen) atoms. The number of hydrogen-bond acceptors (Lipinski definition) is 3. The van der Waals surface area contributed by atoms with Gasteiger partial charge in [0.05, 0.1) is 0 Å². The van der Waals surface area contributed by atoms with Crippen LogP contribution >= 0.6 is 0 Å². The monoisotopic (exact) mass is 221 g/mol. The number of benzene rings is 1. The Hall–Kier alpha value is -1.91. The fourth-order valence-electron chi connectivity index (χ4n) is 1.25. The molecule has 0 aliphatic heterocycles. The van der Waals surface area contributed by atoms with Gasteiger partial charge < -0.3 is 9.30 Å². The standard InChI is InChI=1S/C11H12FN3O/c1-8-3-4-9(5-10(8)12)16-6-11-14-13-7-15(11)2/h3-5,7H,6H2,1-2H3. The molecule has 5 heteroatoms. The Balaban J connectivity index is 2.05. The average molecular weight is 221 g/mol. The summed E-state index contributed by atoms with van der Waals surface area (Å²) in [7, 11) is 1.83. The SMILES string of the molecule is Cc1ccc(OCc2nncn2C)cc1F. The van der Waals surface area contributed by atoms with Crippen LogP contribution < -0.4 is 4.74 Å². The lowest BCUT2D eigenvalue weighted by molar-refractivity contribution is 0.289. The number of hydrogen-bond donors (Lipinski definition) is 0. The highest BCUT2D eigenvalue weighted by molar-refractivity contribution is 5.27. The highest BCUT2D eigenvalue weighted by Crippen LogP contribution is 2.16.